The van der Waals surface area contributed by atoms with Gasteiger partial charge in [0.2, 0.25) is 0 Å². The maximum absolute atomic E-state index is 13.0. The average Bonchev–Trinajstić information content (AvgIpc) is 3.31. The van der Waals surface area contributed by atoms with Crippen LogP contribution in [-0.2, 0) is 22.3 Å². The van der Waals surface area contributed by atoms with Gasteiger partial charge < -0.3 is 14.4 Å². The van der Waals surface area contributed by atoms with E-state index in [1.54, 1.807) is 37.7 Å². The van der Waals surface area contributed by atoms with Crippen molar-refractivity contribution in [2.45, 2.75) is 51.3 Å². The number of likely N-dealkylation sites (tertiary alicyclic amines) is 1. The maximum Gasteiger partial charge on any atom is 0.416 e. The molecule has 1 saturated heterocycles. The first-order chi connectivity index (χ1) is 14.5. The number of hydrogen-bond acceptors (Lipinski definition) is 5. The minimum absolute atomic E-state index is 0.0698. The van der Waals surface area contributed by atoms with Crippen molar-refractivity contribution in [2.75, 3.05) is 13.1 Å². The number of amides is 1. The zero-order chi connectivity index (χ0) is 22.8. The molecule has 0 radical (unpaired) electrons. The molecular weight excluding hydrogens is 413 g/mol. The maximum atomic E-state index is 13.0. The summed E-state index contributed by atoms with van der Waals surface area (Å²) in [6, 6.07) is 6.49. The Kier molecular flexibility index (Phi) is 6.27. The highest BCUT2D eigenvalue weighted by Gasteiger charge is 2.39. The third kappa shape index (κ3) is 5.76. The predicted octanol–water partition coefficient (Wildman–Crippen LogP) is 4.15. The van der Waals surface area contributed by atoms with Gasteiger partial charge in [-0.1, -0.05) is 12.1 Å². The van der Waals surface area contributed by atoms with Gasteiger partial charge >= 0.3 is 12.3 Å². The molecule has 1 aliphatic rings. The van der Waals surface area contributed by atoms with E-state index in [1.807, 2.05) is 6.07 Å². The Labute approximate surface area is 178 Å². The fraction of sp³-hybridized carbons (Fsp3) is 0.476. The molecule has 7 nitrogen and oxygen atoms in total. The number of ether oxygens (including phenoxy) is 2. The Bertz CT molecular complexity index is 975. The highest BCUT2D eigenvalue weighted by molar-refractivity contribution is 5.68. The molecule has 10 heteroatoms. The van der Waals surface area contributed by atoms with Gasteiger partial charge in [0.1, 0.15) is 11.7 Å². The summed E-state index contributed by atoms with van der Waals surface area (Å²) in [5, 5.41) is 13.2. The van der Waals surface area contributed by atoms with Gasteiger partial charge in [-0.3, -0.25) is 4.68 Å². The van der Waals surface area contributed by atoms with Gasteiger partial charge in [-0.15, -0.1) is 0 Å². The monoisotopic (exact) mass is 436 g/mol. The Morgan fingerprint density at radius 2 is 2.03 bits per heavy atom. The number of aromatic nitrogens is 2. The molecule has 2 unspecified atom stereocenters. The number of alkyl halides is 3. The molecule has 1 aromatic carbocycles. The zero-order valence-electron chi connectivity index (χ0n) is 17.4. The molecule has 31 heavy (non-hydrogen) atoms. The van der Waals surface area contributed by atoms with Crippen LogP contribution in [0.25, 0.3) is 0 Å². The molecule has 0 saturated carbocycles. The number of carbonyl (C=O) groups is 1. The van der Waals surface area contributed by atoms with E-state index in [2.05, 4.69) is 5.10 Å². The molecule has 1 aliphatic heterocycles. The zero-order valence-corrected chi connectivity index (χ0v) is 17.4. The Balaban J connectivity index is 1.76. The normalized spacial score (nSPS) is 19.3. The number of carbonyl (C=O) groups excluding carboxylic acids is 1. The number of nitrogens with zero attached hydrogens (tertiary/aromatic N) is 4. The van der Waals surface area contributed by atoms with Crippen molar-refractivity contribution in [3.8, 4) is 6.07 Å². The third-order valence-corrected chi connectivity index (χ3v) is 4.68. The molecule has 1 fully saturated rings. The Hall–Kier alpha value is -3.06. The van der Waals surface area contributed by atoms with E-state index in [4.69, 9.17) is 14.7 Å². The van der Waals surface area contributed by atoms with E-state index in [9.17, 15) is 18.0 Å². The predicted molar refractivity (Wildman–Crippen MR) is 104 cm³/mol. The SMILES string of the molecule is CC(C)(C)OC(=O)N1CC(OCc2cccc(C(F)(F)F)c2)C(n2cc(C#N)cn2)C1. The second kappa shape index (κ2) is 8.59. The van der Waals surface area contributed by atoms with E-state index < -0.39 is 35.6 Å². The van der Waals surface area contributed by atoms with Crippen LogP contribution in [0.15, 0.2) is 36.7 Å². The van der Waals surface area contributed by atoms with Crippen molar-refractivity contribution in [3.05, 3.63) is 53.3 Å². The van der Waals surface area contributed by atoms with Gasteiger partial charge in [-0.25, -0.2) is 4.79 Å². The van der Waals surface area contributed by atoms with E-state index >= 15 is 0 Å². The fourth-order valence-corrected chi connectivity index (χ4v) is 3.27. The molecule has 2 aromatic rings. The molecule has 3 rings (SSSR count). The summed E-state index contributed by atoms with van der Waals surface area (Å²) < 4.78 is 51.8. The summed E-state index contributed by atoms with van der Waals surface area (Å²) in [7, 11) is 0. The van der Waals surface area contributed by atoms with Crippen LogP contribution >= 0.6 is 0 Å². The van der Waals surface area contributed by atoms with Crippen molar-refractivity contribution in [2.24, 2.45) is 0 Å². The van der Waals surface area contributed by atoms with Crippen molar-refractivity contribution < 1.29 is 27.4 Å². The molecule has 2 heterocycles. The fourth-order valence-electron chi connectivity index (χ4n) is 3.27. The number of halogens is 3. The van der Waals surface area contributed by atoms with Crippen LogP contribution in [0.2, 0.25) is 0 Å². The van der Waals surface area contributed by atoms with Crippen molar-refractivity contribution in [1.29, 1.82) is 5.26 Å². The lowest BCUT2D eigenvalue weighted by Crippen LogP contribution is -2.36. The molecule has 0 aliphatic carbocycles. The summed E-state index contributed by atoms with van der Waals surface area (Å²) in [6.07, 6.45) is -2.56. The highest BCUT2D eigenvalue weighted by Crippen LogP contribution is 2.31. The molecule has 0 N–H and O–H groups in total. The van der Waals surface area contributed by atoms with Gasteiger partial charge in [-0.05, 0) is 38.5 Å². The number of nitriles is 1. The summed E-state index contributed by atoms with van der Waals surface area (Å²) in [5.41, 5.74) is -0.712. The minimum Gasteiger partial charge on any atom is -0.444 e. The molecule has 0 bridgehead atoms. The van der Waals surface area contributed by atoms with Gasteiger partial charge in [0.05, 0.1) is 42.6 Å². The highest BCUT2D eigenvalue weighted by atomic mass is 19.4. The lowest BCUT2D eigenvalue weighted by Gasteiger charge is -2.24. The number of benzene rings is 1. The van der Waals surface area contributed by atoms with E-state index in [-0.39, 0.29) is 19.7 Å². The van der Waals surface area contributed by atoms with Crippen LogP contribution < -0.4 is 0 Å². The lowest BCUT2D eigenvalue weighted by atomic mass is 10.1. The van der Waals surface area contributed by atoms with Crippen molar-refractivity contribution >= 4 is 6.09 Å². The number of rotatable bonds is 4. The van der Waals surface area contributed by atoms with Crippen LogP contribution in [0.1, 0.15) is 43.5 Å². The van der Waals surface area contributed by atoms with Crippen molar-refractivity contribution in [1.82, 2.24) is 14.7 Å². The largest absolute Gasteiger partial charge is 0.444 e. The molecule has 166 valence electrons. The molecule has 1 amide bonds. The van der Waals surface area contributed by atoms with Gasteiger partial charge in [0.25, 0.3) is 0 Å². The van der Waals surface area contributed by atoms with E-state index in [0.29, 0.717) is 11.1 Å². The third-order valence-electron chi connectivity index (χ3n) is 4.68. The van der Waals surface area contributed by atoms with Gasteiger partial charge in [-0.2, -0.15) is 23.5 Å². The summed E-state index contributed by atoms with van der Waals surface area (Å²) in [6.45, 7) is 5.61. The second-order valence-corrected chi connectivity index (χ2v) is 8.32. The van der Waals surface area contributed by atoms with Crippen LogP contribution in [-0.4, -0.2) is 45.6 Å². The first kappa shape index (κ1) is 22.6. The van der Waals surface area contributed by atoms with Crippen molar-refractivity contribution in [3.63, 3.8) is 0 Å². The van der Waals surface area contributed by atoms with Crippen LogP contribution in [0.3, 0.4) is 0 Å². The van der Waals surface area contributed by atoms with E-state index in [0.717, 1.165) is 12.1 Å². The first-order valence-electron chi connectivity index (χ1n) is 9.66. The standard InChI is InChI=1S/C21H23F3N4O3/c1-20(2,3)31-19(29)27-11-17(28-10-15(8-25)9-26-28)18(12-27)30-13-14-5-4-6-16(7-14)21(22,23)24/h4-7,9-10,17-18H,11-13H2,1-3H3. The summed E-state index contributed by atoms with van der Waals surface area (Å²) in [4.78, 5) is 14.0. The Morgan fingerprint density at radius 3 is 2.65 bits per heavy atom. The van der Waals surface area contributed by atoms with Crippen LogP contribution in [0.5, 0.6) is 0 Å². The smallest absolute Gasteiger partial charge is 0.416 e. The lowest BCUT2D eigenvalue weighted by molar-refractivity contribution is -0.137. The summed E-state index contributed by atoms with van der Waals surface area (Å²) in [5.74, 6) is 0. The summed E-state index contributed by atoms with van der Waals surface area (Å²) >= 11 is 0. The quantitative estimate of drug-likeness (QED) is 0.719. The minimum atomic E-state index is -4.44. The topological polar surface area (TPSA) is 80.4 Å². The molecular formula is C21H23F3N4O3. The first-order valence-corrected chi connectivity index (χ1v) is 9.66. The van der Waals surface area contributed by atoms with Gasteiger partial charge in [0.15, 0.2) is 0 Å². The van der Waals surface area contributed by atoms with Gasteiger partial charge in [0, 0.05) is 12.7 Å². The average molecular weight is 436 g/mol. The van der Waals surface area contributed by atoms with E-state index in [1.165, 1.54) is 17.2 Å². The van der Waals surface area contributed by atoms with Crippen LogP contribution in [0, 0.1) is 11.3 Å². The second-order valence-electron chi connectivity index (χ2n) is 8.32. The Morgan fingerprint density at radius 1 is 1.29 bits per heavy atom. The molecule has 2 atom stereocenters. The van der Waals surface area contributed by atoms with Crippen LogP contribution in [0.4, 0.5) is 18.0 Å². The number of hydrogen-bond donors (Lipinski definition) is 0. The molecule has 0 spiro atoms. The molecule has 1 aromatic heterocycles.